The number of hydrogen-bond acceptors (Lipinski definition) is 5. The molecule has 0 saturated heterocycles. The van der Waals surface area contributed by atoms with Crippen molar-refractivity contribution in [1.82, 2.24) is 15.5 Å². The largest absolute Gasteiger partial charge is 0.372 e. The van der Waals surface area contributed by atoms with Crippen molar-refractivity contribution in [1.29, 1.82) is 0 Å². The molecular formula is C17H26ClN5. The Morgan fingerprint density at radius 2 is 2.13 bits per heavy atom. The minimum atomic E-state index is -0.985. The second-order valence-electron chi connectivity index (χ2n) is 5.57. The molecule has 1 atom stereocenters. The third-order valence-electron chi connectivity index (χ3n) is 3.97. The molecule has 1 aromatic carbocycles. The Hall–Kier alpha value is -1.56. The SMILES string of the molecule is CCN(CC)CCCNC1=CC=NC(N)(c2cccc(Cl)c2)N1. The molecule has 126 valence electrons. The highest BCUT2D eigenvalue weighted by Crippen LogP contribution is 2.22. The number of halogens is 1. The molecule has 0 bridgehead atoms. The Morgan fingerprint density at radius 1 is 1.35 bits per heavy atom. The number of nitrogens with two attached hydrogens (primary N) is 1. The van der Waals surface area contributed by atoms with Crippen LogP contribution in [0.2, 0.25) is 5.02 Å². The molecule has 0 fully saturated rings. The van der Waals surface area contributed by atoms with E-state index in [1.54, 1.807) is 6.21 Å². The van der Waals surface area contributed by atoms with E-state index in [2.05, 4.69) is 34.4 Å². The molecule has 2 rings (SSSR count). The predicted octanol–water partition coefficient (Wildman–Crippen LogP) is 2.25. The van der Waals surface area contributed by atoms with Crippen molar-refractivity contribution in [3.8, 4) is 0 Å². The van der Waals surface area contributed by atoms with Crippen LogP contribution in [0.4, 0.5) is 0 Å². The van der Waals surface area contributed by atoms with Gasteiger partial charge >= 0.3 is 0 Å². The van der Waals surface area contributed by atoms with Gasteiger partial charge in [0.05, 0.1) is 0 Å². The molecule has 1 unspecified atom stereocenters. The number of hydrogen-bond donors (Lipinski definition) is 3. The van der Waals surface area contributed by atoms with Gasteiger partial charge in [-0.2, -0.15) is 0 Å². The average Bonchev–Trinajstić information content (AvgIpc) is 2.55. The summed E-state index contributed by atoms with van der Waals surface area (Å²) >= 11 is 6.05. The van der Waals surface area contributed by atoms with Gasteiger partial charge in [-0.1, -0.05) is 37.6 Å². The Bertz CT molecular complexity index is 568. The zero-order valence-electron chi connectivity index (χ0n) is 13.8. The molecule has 1 aromatic rings. The van der Waals surface area contributed by atoms with Crippen LogP contribution in [0, 0.1) is 0 Å². The molecule has 1 heterocycles. The van der Waals surface area contributed by atoms with E-state index in [4.69, 9.17) is 17.3 Å². The average molecular weight is 336 g/mol. The second kappa shape index (κ2) is 8.34. The molecule has 5 nitrogen and oxygen atoms in total. The summed E-state index contributed by atoms with van der Waals surface area (Å²) in [6, 6.07) is 7.44. The van der Waals surface area contributed by atoms with E-state index in [1.807, 2.05) is 30.3 Å². The first-order valence-corrected chi connectivity index (χ1v) is 8.50. The lowest BCUT2D eigenvalue weighted by Crippen LogP contribution is -2.52. The second-order valence-corrected chi connectivity index (χ2v) is 6.00. The van der Waals surface area contributed by atoms with Gasteiger partial charge in [0.1, 0.15) is 5.82 Å². The molecule has 0 amide bonds. The van der Waals surface area contributed by atoms with Crippen LogP contribution in [0.15, 0.2) is 41.2 Å². The van der Waals surface area contributed by atoms with Crippen molar-refractivity contribution in [2.75, 3.05) is 26.2 Å². The first-order valence-electron chi connectivity index (χ1n) is 8.12. The summed E-state index contributed by atoms with van der Waals surface area (Å²) in [6.07, 6.45) is 4.70. The lowest BCUT2D eigenvalue weighted by Gasteiger charge is -2.32. The summed E-state index contributed by atoms with van der Waals surface area (Å²) in [6.45, 7) is 8.52. The molecule has 1 aliphatic heterocycles. The van der Waals surface area contributed by atoms with Crippen molar-refractivity contribution in [3.05, 3.63) is 46.7 Å². The van der Waals surface area contributed by atoms with Crippen LogP contribution < -0.4 is 16.4 Å². The van der Waals surface area contributed by atoms with Crippen LogP contribution in [0.1, 0.15) is 25.8 Å². The van der Waals surface area contributed by atoms with Crippen molar-refractivity contribution < 1.29 is 0 Å². The molecule has 0 aliphatic carbocycles. The van der Waals surface area contributed by atoms with Gasteiger partial charge in [0.25, 0.3) is 0 Å². The first-order chi connectivity index (χ1) is 11.1. The zero-order valence-corrected chi connectivity index (χ0v) is 14.6. The number of nitrogens with zero attached hydrogens (tertiary/aromatic N) is 2. The Labute approximate surface area is 143 Å². The van der Waals surface area contributed by atoms with Crippen LogP contribution in [-0.4, -0.2) is 37.3 Å². The molecule has 6 heteroatoms. The molecule has 4 N–H and O–H groups in total. The minimum Gasteiger partial charge on any atom is -0.372 e. The quantitative estimate of drug-likeness (QED) is 0.637. The van der Waals surface area contributed by atoms with Crippen LogP contribution in [0.25, 0.3) is 0 Å². The molecule has 0 saturated carbocycles. The van der Waals surface area contributed by atoms with Gasteiger partial charge in [-0.05, 0) is 44.3 Å². The van der Waals surface area contributed by atoms with E-state index in [0.717, 1.165) is 44.0 Å². The number of benzene rings is 1. The van der Waals surface area contributed by atoms with E-state index in [-0.39, 0.29) is 0 Å². The third-order valence-corrected chi connectivity index (χ3v) is 4.21. The monoisotopic (exact) mass is 335 g/mol. The summed E-state index contributed by atoms with van der Waals surface area (Å²) in [5, 5.41) is 7.28. The van der Waals surface area contributed by atoms with Gasteiger partial charge in [0, 0.05) is 23.3 Å². The maximum Gasteiger partial charge on any atom is 0.210 e. The summed E-state index contributed by atoms with van der Waals surface area (Å²) < 4.78 is 0. The Balaban J connectivity index is 1.88. The number of aliphatic imine (C=N–C) groups is 1. The van der Waals surface area contributed by atoms with E-state index < -0.39 is 5.79 Å². The minimum absolute atomic E-state index is 0.646. The van der Waals surface area contributed by atoms with Crippen molar-refractivity contribution >= 4 is 17.8 Å². The van der Waals surface area contributed by atoms with Gasteiger partial charge in [0.15, 0.2) is 0 Å². The lowest BCUT2D eigenvalue weighted by molar-refractivity contribution is 0.297. The van der Waals surface area contributed by atoms with E-state index in [9.17, 15) is 0 Å². The fourth-order valence-corrected chi connectivity index (χ4v) is 2.74. The molecule has 23 heavy (non-hydrogen) atoms. The molecular weight excluding hydrogens is 310 g/mol. The summed E-state index contributed by atoms with van der Waals surface area (Å²) in [5.74, 6) is -0.108. The number of nitrogens with one attached hydrogen (secondary N) is 2. The maximum atomic E-state index is 6.38. The van der Waals surface area contributed by atoms with Gasteiger partial charge in [-0.25, -0.2) is 4.99 Å². The van der Waals surface area contributed by atoms with Crippen LogP contribution >= 0.6 is 11.6 Å². The summed E-state index contributed by atoms with van der Waals surface area (Å²) in [4.78, 5) is 6.77. The fourth-order valence-electron chi connectivity index (χ4n) is 2.55. The lowest BCUT2D eigenvalue weighted by atomic mass is 10.1. The highest BCUT2D eigenvalue weighted by atomic mass is 35.5. The molecule has 0 spiro atoms. The van der Waals surface area contributed by atoms with Gasteiger partial charge in [-0.3, -0.25) is 5.73 Å². The first kappa shape index (κ1) is 17.8. The van der Waals surface area contributed by atoms with E-state index in [0.29, 0.717) is 5.02 Å². The van der Waals surface area contributed by atoms with E-state index >= 15 is 0 Å². The van der Waals surface area contributed by atoms with Crippen LogP contribution in [-0.2, 0) is 5.79 Å². The van der Waals surface area contributed by atoms with Crippen molar-refractivity contribution in [2.45, 2.75) is 26.1 Å². The van der Waals surface area contributed by atoms with Crippen LogP contribution in [0.5, 0.6) is 0 Å². The third kappa shape index (κ3) is 4.96. The van der Waals surface area contributed by atoms with Gasteiger partial charge in [-0.15, -0.1) is 0 Å². The number of rotatable bonds is 8. The smallest absolute Gasteiger partial charge is 0.210 e. The Morgan fingerprint density at radius 3 is 2.83 bits per heavy atom. The molecule has 1 aliphatic rings. The molecule has 0 aromatic heterocycles. The van der Waals surface area contributed by atoms with Crippen LogP contribution in [0.3, 0.4) is 0 Å². The molecule has 0 radical (unpaired) electrons. The Kier molecular flexibility index (Phi) is 6.45. The summed E-state index contributed by atoms with van der Waals surface area (Å²) in [7, 11) is 0. The van der Waals surface area contributed by atoms with Gasteiger partial charge < -0.3 is 15.5 Å². The number of allylic oxidation sites excluding steroid dienone is 1. The fraction of sp³-hybridized carbons (Fsp3) is 0.471. The van der Waals surface area contributed by atoms with Crippen molar-refractivity contribution in [3.63, 3.8) is 0 Å². The van der Waals surface area contributed by atoms with Gasteiger partial charge in [0.2, 0.25) is 5.79 Å². The zero-order chi connectivity index (χ0) is 16.7. The summed E-state index contributed by atoms with van der Waals surface area (Å²) in [5.41, 5.74) is 7.21. The topological polar surface area (TPSA) is 65.7 Å². The maximum absolute atomic E-state index is 6.38. The highest BCUT2D eigenvalue weighted by Gasteiger charge is 2.28. The van der Waals surface area contributed by atoms with E-state index in [1.165, 1.54) is 0 Å². The normalized spacial score (nSPS) is 20.3. The predicted molar refractivity (Wildman–Crippen MR) is 97.4 cm³/mol. The standard InChI is InChI=1S/C17H26ClN5/c1-3-23(4-2)12-6-10-20-16-9-11-21-17(19,22-16)14-7-5-8-15(18)13-14/h5,7-9,11,13,20,22H,3-4,6,10,12,19H2,1-2H3. The van der Waals surface area contributed by atoms with Crippen molar-refractivity contribution in [2.24, 2.45) is 10.7 Å². The highest BCUT2D eigenvalue weighted by molar-refractivity contribution is 6.30.